The van der Waals surface area contributed by atoms with Crippen molar-refractivity contribution < 1.29 is 14.7 Å². The molecule has 114 valence electrons. The average molecular weight is 283 g/mol. The summed E-state index contributed by atoms with van der Waals surface area (Å²) in [5.41, 5.74) is 0. The van der Waals surface area contributed by atoms with Crippen LogP contribution in [0.25, 0.3) is 0 Å². The molecule has 6 nitrogen and oxygen atoms in total. The van der Waals surface area contributed by atoms with Crippen LogP contribution in [0.4, 0.5) is 4.79 Å². The molecule has 0 radical (unpaired) electrons. The molecule has 6 heteroatoms. The number of fused-ring (bicyclic) bond motifs is 2. The van der Waals surface area contributed by atoms with Gasteiger partial charge in [0.05, 0.1) is 0 Å². The zero-order valence-corrected chi connectivity index (χ0v) is 12.3. The number of hydrogen-bond acceptors (Lipinski definition) is 3. The number of amides is 2. The van der Waals surface area contributed by atoms with Gasteiger partial charge in [0.15, 0.2) is 0 Å². The first-order valence-electron chi connectivity index (χ1n) is 7.53. The van der Waals surface area contributed by atoms with Crippen LogP contribution in [0.5, 0.6) is 0 Å². The van der Waals surface area contributed by atoms with Crippen molar-refractivity contribution in [3.05, 3.63) is 0 Å². The fraction of sp³-hybridized carbons (Fsp3) is 0.857. The van der Waals surface area contributed by atoms with Crippen LogP contribution < -0.4 is 10.6 Å². The van der Waals surface area contributed by atoms with Gasteiger partial charge >= 0.3 is 12.0 Å². The van der Waals surface area contributed by atoms with Crippen LogP contribution in [0.1, 0.15) is 45.4 Å². The number of aliphatic carboxylic acids is 1. The molecule has 2 bridgehead atoms. The summed E-state index contributed by atoms with van der Waals surface area (Å²) < 4.78 is 0. The summed E-state index contributed by atoms with van der Waals surface area (Å²) in [5.74, 6) is -0.983. The summed E-state index contributed by atoms with van der Waals surface area (Å²) in [6.07, 6.45) is 5.98. The highest BCUT2D eigenvalue weighted by molar-refractivity contribution is 5.82. The highest BCUT2D eigenvalue weighted by Gasteiger charge is 2.36. The third-order valence-electron chi connectivity index (χ3n) is 4.69. The molecule has 0 aromatic heterocycles. The van der Waals surface area contributed by atoms with E-state index in [1.807, 2.05) is 0 Å². The molecule has 0 spiro atoms. The van der Waals surface area contributed by atoms with Crippen LogP contribution in [0, 0.1) is 0 Å². The molecule has 0 aliphatic carbocycles. The summed E-state index contributed by atoms with van der Waals surface area (Å²) >= 11 is 0. The van der Waals surface area contributed by atoms with Gasteiger partial charge < -0.3 is 20.6 Å². The minimum Gasteiger partial charge on any atom is -0.480 e. The maximum Gasteiger partial charge on any atom is 0.326 e. The van der Waals surface area contributed by atoms with Crippen LogP contribution in [0.15, 0.2) is 0 Å². The first-order chi connectivity index (χ1) is 9.51. The monoisotopic (exact) mass is 283 g/mol. The Morgan fingerprint density at radius 3 is 2.40 bits per heavy atom. The molecule has 2 unspecified atom stereocenters. The number of carboxylic acid groups (broad SMARTS) is 1. The minimum atomic E-state index is -0.983. The second-order valence-electron chi connectivity index (χ2n) is 5.99. The van der Waals surface area contributed by atoms with E-state index in [2.05, 4.69) is 22.6 Å². The van der Waals surface area contributed by atoms with Crippen molar-refractivity contribution in [2.24, 2.45) is 0 Å². The lowest BCUT2D eigenvalue weighted by Crippen LogP contribution is -2.57. The summed E-state index contributed by atoms with van der Waals surface area (Å²) in [7, 11) is 2.17. The van der Waals surface area contributed by atoms with Gasteiger partial charge in [-0.1, -0.05) is 13.3 Å². The molecular weight excluding hydrogens is 258 g/mol. The van der Waals surface area contributed by atoms with Crippen molar-refractivity contribution in [2.75, 3.05) is 7.05 Å². The summed E-state index contributed by atoms with van der Waals surface area (Å²) in [5, 5.41) is 14.4. The van der Waals surface area contributed by atoms with Crippen LogP contribution in [-0.2, 0) is 4.79 Å². The first-order valence-corrected chi connectivity index (χ1v) is 7.53. The molecule has 2 heterocycles. The van der Waals surface area contributed by atoms with E-state index in [1.165, 1.54) is 19.3 Å². The van der Waals surface area contributed by atoms with E-state index >= 15 is 0 Å². The summed E-state index contributed by atoms with van der Waals surface area (Å²) in [6.45, 7) is 1.75. The van der Waals surface area contributed by atoms with Gasteiger partial charge in [0.1, 0.15) is 6.04 Å². The van der Waals surface area contributed by atoms with Crippen LogP contribution in [0.2, 0.25) is 0 Å². The summed E-state index contributed by atoms with van der Waals surface area (Å²) in [4.78, 5) is 25.2. The molecule has 2 aliphatic heterocycles. The molecule has 0 aromatic carbocycles. The van der Waals surface area contributed by atoms with Crippen molar-refractivity contribution >= 4 is 12.0 Å². The van der Waals surface area contributed by atoms with Gasteiger partial charge in [0.25, 0.3) is 0 Å². The number of carboxylic acids is 1. The van der Waals surface area contributed by atoms with E-state index in [4.69, 9.17) is 5.11 Å². The van der Waals surface area contributed by atoms with E-state index in [0.29, 0.717) is 18.5 Å². The average Bonchev–Trinajstić information content (AvgIpc) is 2.37. The number of nitrogens with zero attached hydrogens (tertiary/aromatic N) is 1. The van der Waals surface area contributed by atoms with E-state index in [1.54, 1.807) is 6.92 Å². The molecule has 2 saturated heterocycles. The highest BCUT2D eigenvalue weighted by atomic mass is 16.4. The van der Waals surface area contributed by atoms with Crippen molar-refractivity contribution in [3.8, 4) is 0 Å². The van der Waals surface area contributed by atoms with E-state index < -0.39 is 12.0 Å². The number of hydrogen-bond donors (Lipinski definition) is 3. The quantitative estimate of drug-likeness (QED) is 0.723. The number of piperidine rings is 2. The number of rotatable bonds is 4. The lowest BCUT2D eigenvalue weighted by Gasteiger charge is -2.47. The predicted octanol–water partition coefficient (Wildman–Crippen LogP) is 1.16. The van der Waals surface area contributed by atoms with E-state index in [-0.39, 0.29) is 12.1 Å². The van der Waals surface area contributed by atoms with Gasteiger partial charge in [-0.05, 0) is 39.2 Å². The van der Waals surface area contributed by atoms with Gasteiger partial charge in [-0.3, -0.25) is 0 Å². The van der Waals surface area contributed by atoms with Gasteiger partial charge in [-0.2, -0.15) is 0 Å². The van der Waals surface area contributed by atoms with E-state index in [0.717, 1.165) is 12.8 Å². The highest BCUT2D eigenvalue weighted by Crippen LogP contribution is 2.32. The first kappa shape index (κ1) is 15.1. The Morgan fingerprint density at radius 2 is 1.90 bits per heavy atom. The molecule has 3 N–H and O–H groups in total. The Morgan fingerprint density at radius 1 is 1.30 bits per heavy atom. The number of carbonyl (C=O) groups excluding carboxylic acids is 1. The van der Waals surface area contributed by atoms with Crippen molar-refractivity contribution in [3.63, 3.8) is 0 Å². The van der Waals surface area contributed by atoms with Crippen molar-refractivity contribution in [1.29, 1.82) is 0 Å². The molecule has 2 aliphatic rings. The largest absolute Gasteiger partial charge is 0.480 e. The maximum absolute atomic E-state index is 11.9. The van der Waals surface area contributed by atoms with Gasteiger partial charge in [-0.25, -0.2) is 9.59 Å². The Labute approximate surface area is 119 Å². The van der Waals surface area contributed by atoms with E-state index in [9.17, 15) is 9.59 Å². The molecule has 3 atom stereocenters. The van der Waals surface area contributed by atoms with Gasteiger partial charge in [0, 0.05) is 18.1 Å². The fourth-order valence-corrected chi connectivity index (χ4v) is 3.46. The number of carbonyl (C=O) groups is 2. The third-order valence-corrected chi connectivity index (χ3v) is 4.69. The molecule has 2 amide bonds. The number of nitrogens with one attached hydrogen (secondary N) is 2. The molecular formula is C14H25N3O3. The lowest BCUT2D eigenvalue weighted by molar-refractivity contribution is -0.139. The summed E-state index contributed by atoms with van der Waals surface area (Å²) in [6, 6.07) is 0.101. The topological polar surface area (TPSA) is 81.7 Å². The van der Waals surface area contributed by atoms with Crippen LogP contribution >= 0.6 is 0 Å². The smallest absolute Gasteiger partial charge is 0.326 e. The minimum absolute atomic E-state index is 0.160. The standard InChI is InChI=1S/C14H25N3O3/c1-3-12(13(18)19)16-14(20)15-9-7-10-5-4-6-11(8-9)17(10)2/h9-12H,3-8H2,1-2H3,(H,18,19)(H2,15,16,20)/t9?,10?,11?,12-/m0/s1. The Balaban J connectivity index is 1.84. The Bertz CT molecular complexity index is 361. The predicted molar refractivity (Wildman–Crippen MR) is 75.6 cm³/mol. The molecule has 2 rings (SSSR count). The Kier molecular flexibility index (Phi) is 4.86. The van der Waals surface area contributed by atoms with Crippen molar-refractivity contribution in [2.45, 2.75) is 69.6 Å². The van der Waals surface area contributed by atoms with Crippen LogP contribution in [0.3, 0.4) is 0 Å². The maximum atomic E-state index is 11.9. The fourth-order valence-electron chi connectivity index (χ4n) is 3.46. The van der Waals surface area contributed by atoms with Gasteiger partial charge in [-0.15, -0.1) is 0 Å². The Hall–Kier alpha value is -1.30. The second kappa shape index (κ2) is 6.43. The number of urea groups is 1. The molecule has 0 aromatic rings. The molecule has 20 heavy (non-hydrogen) atoms. The zero-order valence-electron chi connectivity index (χ0n) is 12.3. The van der Waals surface area contributed by atoms with Gasteiger partial charge in [0.2, 0.25) is 0 Å². The molecule has 2 fully saturated rings. The second-order valence-corrected chi connectivity index (χ2v) is 5.99. The van der Waals surface area contributed by atoms with Crippen molar-refractivity contribution in [1.82, 2.24) is 15.5 Å². The molecule has 0 saturated carbocycles. The third kappa shape index (κ3) is 3.42. The normalized spacial score (nSPS) is 31.4. The SMILES string of the molecule is CC[C@H](NC(=O)NC1CC2CCCC(C1)N2C)C(=O)O. The van der Waals surface area contributed by atoms with Crippen LogP contribution in [-0.4, -0.2) is 53.2 Å². The lowest BCUT2D eigenvalue weighted by atomic mass is 9.82. The zero-order chi connectivity index (χ0) is 14.7.